The number of ether oxygens (including phenoxy) is 1. The lowest BCUT2D eigenvalue weighted by Gasteiger charge is -2.28. The van der Waals surface area contributed by atoms with Gasteiger partial charge in [-0.1, -0.05) is 30.3 Å². The Kier molecular flexibility index (Phi) is 8.32. The molecule has 0 aliphatic carbocycles. The minimum atomic E-state index is -0.484. The lowest BCUT2D eigenvalue weighted by Crippen LogP contribution is -2.47. The van der Waals surface area contributed by atoms with E-state index < -0.39 is 5.60 Å². The Morgan fingerprint density at radius 1 is 1.34 bits per heavy atom. The molecule has 1 aromatic rings. The quantitative estimate of drug-likeness (QED) is 0.565. The summed E-state index contributed by atoms with van der Waals surface area (Å²) < 4.78 is 5.36. The molecule has 0 radical (unpaired) electrons. The Hall–Kier alpha value is -2.28. The fraction of sp³-hybridized carbons (Fsp3) is 0.636. The maximum Gasteiger partial charge on any atom is 0.407 e. The Balaban J connectivity index is 1.77. The van der Waals surface area contributed by atoms with E-state index in [1.165, 1.54) is 5.56 Å². The summed E-state index contributed by atoms with van der Waals surface area (Å²) in [7, 11) is 3.94. The summed E-state index contributed by atoms with van der Waals surface area (Å²) in [5, 5.41) is 6.44. The monoisotopic (exact) mass is 403 g/mol. The summed E-state index contributed by atoms with van der Waals surface area (Å²) >= 11 is 0. The van der Waals surface area contributed by atoms with Crippen molar-refractivity contribution in [2.24, 2.45) is 4.99 Å². The average Bonchev–Trinajstić information content (AvgIpc) is 3.09. The first-order valence-electron chi connectivity index (χ1n) is 10.4. The molecule has 7 nitrogen and oxygen atoms in total. The van der Waals surface area contributed by atoms with Crippen molar-refractivity contribution < 1.29 is 9.53 Å². The smallest absolute Gasteiger partial charge is 0.407 e. The number of rotatable bonds is 6. The number of carbonyl (C=O) groups excluding carboxylic acids is 1. The van der Waals surface area contributed by atoms with Crippen LogP contribution in [0.5, 0.6) is 0 Å². The second kappa shape index (κ2) is 10.5. The van der Waals surface area contributed by atoms with Crippen molar-refractivity contribution >= 4 is 12.1 Å². The van der Waals surface area contributed by atoms with Crippen molar-refractivity contribution in [1.82, 2.24) is 20.4 Å². The van der Waals surface area contributed by atoms with Crippen molar-refractivity contribution in [2.75, 3.05) is 33.7 Å². The average molecular weight is 404 g/mol. The zero-order valence-electron chi connectivity index (χ0n) is 18.7. The number of hydrogen-bond donors (Lipinski definition) is 2. The number of hydrogen-bond acceptors (Lipinski definition) is 4. The molecule has 2 N–H and O–H groups in total. The number of nitrogens with one attached hydrogen (secondary N) is 2. The van der Waals surface area contributed by atoms with Crippen molar-refractivity contribution in [3.05, 3.63) is 35.9 Å². The predicted molar refractivity (Wildman–Crippen MR) is 118 cm³/mol. The van der Waals surface area contributed by atoms with E-state index in [4.69, 9.17) is 4.74 Å². The summed E-state index contributed by atoms with van der Waals surface area (Å²) in [5.41, 5.74) is 0.823. The van der Waals surface area contributed by atoms with Gasteiger partial charge in [-0.05, 0) is 46.7 Å². The molecule has 1 saturated heterocycles. The largest absolute Gasteiger partial charge is 0.444 e. The van der Waals surface area contributed by atoms with Crippen LogP contribution in [0.3, 0.4) is 0 Å². The minimum Gasteiger partial charge on any atom is -0.444 e. The molecule has 7 heteroatoms. The van der Waals surface area contributed by atoms with Gasteiger partial charge in [0.1, 0.15) is 5.60 Å². The van der Waals surface area contributed by atoms with E-state index in [2.05, 4.69) is 63.7 Å². The van der Waals surface area contributed by atoms with Crippen LogP contribution >= 0.6 is 0 Å². The van der Waals surface area contributed by atoms with E-state index >= 15 is 0 Å². The van der Waals surface area contributed by atoms with Gasteiger partial charge in [-0.15, -0.1) is 0 Å². The maximum atomic E-state index is 12.0. The van der Waals surface area contributed by atoms with E-state index in [9.17, 15) is 4.79 Å². The van der Waals surface area contributed by atoms with Gasteiger partial charge in [-0.25, -0.2) is 4.79 Å². The molecule has 1 aliphatic heterocycles. The number of likely N-dealkylation sites (tertiary alicyclic amines) is 1. The van der Waals surface area contributed by atoms with Crippen molar-refractivity contribution in [1.29, 1.82) is 0 Å². The summed E-state index contributed by atoms with van der Waals surface area (Å²) in [4.78, 5) is 20.9. The third-order valence-corrected chi connectivity index (χ3v) is 5.00. The standard InChI is InChI=1S/C22H37N5O2/c1-17(26(6)15-18-10-8-7-9-11-18)14-24-20(23-5)27-13-12-19(16-27)25-21(28)29-22(2,3)4/h7-11,17,19H,12-16H2,1-6H3,(H,23,24)(H,25,28). The molecule has 1 amide bonds. The zero-order valence-corrected chi connectivity index (χ0v) is 18.7. The molecule has 0 saturated carbocycles. The first-order chi connectivity index (χ1) is 13.7. The highest BCUT2D eigenvalue weighted by Crippen LogP contribution is 2.12. The van der Waals surface area contributed by atoms with E-state index in [1.54, 1.807) is 7.05 Å². The van der Waals surface area contributed by atoms with Gasteiger partial charge in [0.05, 0.1) is 6.04 Å². The van der Waals surface area contributed by atoms with Crippen molar-refractivity contribution in [3.63, 3.8) is 0 Å². The van der Waals surface area contributed by atoms with Gasteiger partial charge in [0.2, 0.25) is 0 Å². The molecule has 1 aliphatic rings. The zero-order chi connectivity index (χ0) is 21.4. The highest BCUT2D eigenvalue weighted by molar-refractivity contribution is 5.80. The number of likely N-dealkylation sites (N-methyl/N-ethyl adjacent to an activating group) is 1. The molecule has 162 valence electrons. The van der Waals surface area contributed by atoms with Crippen molar-refractivity contribution in [3.8, 4) is 0 Å². The SMILES string of the molecule is CN=C(NCC(C)N(C)Cc1ccccc1)N1CCC(NC(=O)OC(C)(C)C)C1. The van der Waals surface area contributed by atoms with Gasteiger partial charge >= 0.3 is 6.09 Å². The highest BCUT2D eigenvalue weighted by atomic mass is 16.6. The lowest BCUT2D eigenvalue weighted by molar-refractivity contribution is 0.0507. The number of benzene rings is 1. The number of alkyl carbamates (subject to hydrolysis) is 1. The van der Waals surface area contributed by atoms with E-state index in [0.717, 1.165) is 38.6 Å². The molecule has 0 spiro atoms. The molecular weight excluding hydrogens is 366 g/mol. The second-order valence-electron chi connectivity index (χ2n) is 8.76. The molecule has 2 unspecified atom stereocenters. The molecule has 0 aromatic heterocycles. The first kappa shape index (κ1) is 23.0. The minimum absolute atomic E-state index is 0.0709. The third-order valence-electron chi connectivity index (χ3n) is 5.00. The first-order valence-corrected chi connectivity index (χ1v) is 10.4. The highest BCUT2D eigenvalue weighted by Gasteiger charge is 2.28. The van der Waals surface area contributed by atoms with Crippen LogP contribution in [-0.2, 0) is 11.3 Å². The molecular formula is C22H37N5O2. The number of carbonyl (C=O) groups is 1. The summed E-state index contributed by atoms with van der Waals surface area (Å²) in [6.07, 6.45) is 0.520. The Morgan fingerprint density at radius 3 is 2.66 bits per heavy atom. The molecule has 2 atom stereocenters. The fourth-order valence-corrected chi connectivity index (χ4v) is 3.30. The summed E-state index contributed by atoms with van der Waals surface area (Å²) in [6.45, 7) is 11.1. The Bertz CT molecular complexity index is 672. The normalized spacial score (nSPS) is 18.7. The molecule has 1 aromatic carbocycles. The second-order valence-corrected chi connectivity index (χ2v) is 8.76. The van der Waals surface area contributed by atoms with Crippen LogP contribution in [0, 0.1) is 0 Å². The fourth-order valence-electron chi connectivity index (χ4n) is 3.30. The van der Waals surface area contributed by atoms with Gasteiger partial charge in [-0.3, -0.25) is 9.89 Å². The van der Waals surface area contributed by atoms with E-state index in [1.807, 2.05) is 26.8 Å². The topological polar surface area (TPSA) is 69.2 Å². The number of aliphatic imine (C=N–C) groups is 1. The van der Waals surface area contributed by atoms with E-state index in [-0.39, 0.29) is 12.1 Å². The van der Waals surface area contributed by atoms with Crippen LogP contribution in [-0.4, -0.2) is 73.3 Å². The van der Waals surface area contributed by atoms with Gasteiger partial charge in [0, 0.05) is 39.3 Å². The molecule has 0 bridgehead atoms. The van der Waals surface area contributed by atoms with Crippen LogP contribution in [0.15, 0.2) is 35.3 Å². The predicted octanol–water partition coefficient (Wildman–Crippen LogP) is 2.68. The van der Waals surface area contributed by atoms with Crippen LogP contribution in [0.1, 0.15) is 39.7 Å². The van der Waals surface area contributed by atoms with Gasteiger partial charge in [-0.2, -0.15) is 0 Å². The number of amides is 1. The van der Waals surface area contributed by atoms with Gasteiger partial charge in [0.25, 0.3) is 0 Å². The number of guanidine groups is 1. The van der Waals surface area contributed by atoms with Crippen LogP contribution in [0.2, 0.25) is 0 Å². The maximum absolute atomic E-state index is 12.0. The Labute approximate surface area is 175 Å². The Morgan fingerprint density at radius 2 is 2.03 bits per heavy atom. The van der Waals surface area contributed by atoms with Crippen LogP contribution < -0.4 is 10.6 Å². The molecule has 29 heavy (non-hydrogen) atoms. The molecule has 1 fully saturated rings. The lowest BCUT2D eigenvalue weighted by atomic mass is 10.2. The van der Waals surface area contributed by atoms with Crippen molar-refractivity contribution in [2.45, 2.75) is 58.3 Å². The van der Waals surface area contributed by atoms with E-state index in [0.29, 0.717) is 6.04 Å². The molecule has 1 heterocycles. The van der Waals surface area contributed by atoms with Crippen LogP contribution in [0.4, 0.5) is 4.79 Å². The summed E-state index contributed by atoms with van der Waals surface area (Å²) in [6, 6.07) is 10.9. The van der Waals surface area contributed by atoms with Gasteiger partial charge in [0.15, 0.2) is 5.96 Å². The van der Waals surface area contributed by atoms with Gasteiger partial charge < -0.3 is 20.3 Å². The van der Waals surface area contributed by atoms with Crippen LogP contribution in [0.25, 0.3) is 0 Å². The summed E-state index contributed by atoms with van der Waals surface area (Å²) in [5.74, 6) is 0.874. The number of nitrogens with zero attached hydrogens (tertiary/aromatic N) is 3. The third kappa shape index (κ3) is 7.93. The molecule has 2 rings (SSSR count).